The highest BCUT2D eigenvalue weighted by atomic mass is 16.6. The van der Waals surface area contributed by atoms with E-state index in [4.69, 9.17) is 9.47 Å². The number of aliphatic hydroxyl groups is 1. The molecule has 0 fully saturated rings. The molecule has 0 heterocycles. The fourth-order valence-corrected chi connectivity index (χ4v) is 1.92. The second kappa shape index (κ2) is 8.43. The number of hydrogen-bond acceptors (Lipinski definition) is 7. The number of amides is 1. The first kappa shape index (κ1) is 20.4. The summed E-state index contributed by atoms with van der Waals surface area (Å²) in [7, 11) is 0. The lowest BCUT2D eigenvalue weighted by Gasteiger charge is -2.25. The van der Waals surface area contributed by atoms with Crippen molar-refractivity contribution >= 4 is 17.7 Å². The molecule has 1 aromatic carbocycles. The molecule has 2 atom stereocenters. The zero-order valence-corrected chi connectivity index (χ0v) is 14.5. The minimum Gasteiger partial charge on any atom is -0.464 e. The molecule has 0 unspecified atom stereocenters. The van der Waals surface area contributed by atoms with Gasteiger partial charge in [0, 0.05) is 12.1 Å². The Balaban J connectivity index is 2.99. The van der Waals surface area contributed by atoms with Crippen LogP contribution in [0.2, 0.25) is 0 Å². The second-order valence-corrected chi connectivity index (χ2v) is 6.17. The average Bonchev–Trinajstić information content (AvgIpc) is 2.50. The largest absolute Gasteiger partial charge is 0.464 e. The molecule has 0 saturated heterocycles. The summed E-state index contributed by atoms with van der Waals surface area (Å²) in [6.45, 7) is 6.59. The lowest BCUT2D eigenvalue weighted by atomic mass is 10.0. The Morgan fingerprint density at radius 1 is 1.28 bits per heavy atom. The number of nitro groups is 1. The van der Waals surface area contributed by atoms with Crippen LogP contribution in [0.5, 0.6) is 0 Å². The van der Waals surface area contributed by atoms with E-state index >= 15 is 0 Å². The Morgan fingerprint density at radius 2 is 1.84 bits per heavy atom. The summed E-state index contributed by atoms with van der Waals surface area (Å²) in [4.78, 5) is 34.1. The lowest BCUT2D eigenvalue weighted by molar-refractivity contribution is -0.384. The zero-order valence-electron chi connectivity index (χ0n) is 14.5. The van der Waals surface area contributed by atoms with E-state index in [0.29, 0.717) is 0 Å². The van der Waals surface area contributed by atoms with Crippen LogP contribution in [-0.4, -0.2) is 40.3 Å². The quantitative estimate of drug-likeness (QED) is 0.455. The van der Waals surface area contributed by atoms with Gasteiger partial charge in [-0.2, -0.15) is 0 Å². The molecule has 0 aliphatic heterocycles. The Morgan fingerprint density at radius 3 is 2.28 bits per heavy atom. The fourth-order valence-electron chi connectivity index (χ4n) is 1.92. The van der Waals surface area contributed by atoms with Crippen molar-refractivity contribution < 1.29 is 29.1 Å². The molecule has 1 rings (SSSR count). The standard InChI is InChI=1S/C16H22N2O7/c1-5-24-14(20)12(17-15(21)25-16(2,3)4)13(19)10-6-8-11(9-7-10)18(22)23/h6-9,12-13,19H,5H2,1-4H3,(H,17,21)/t12-,13-/m1/s1. The Hall–Kier alpha value is -2.68. The van der Waals surface area contributed by atoms with Crippen LogP contribution >= 0.6 is 0 Å². The number of hydrogen-bond donors (Lipinski definition) is 2. The molecule has 1 aromatic rings. The molecule has 0 aliphatic rings. The van der Waals surface area contributed by atoms with Gasteiger partial charge in [0.1, 0.15) is 11.7 Å². The molecule has 9 nitrogen and oxygen atoms in total. The number of rotatable bonds is 6. The molecular formula is C16H22N2O7. The SMILES string of the molecule is CCOC(=O)[C@H](NC(=O)OC(C)(C)C)[C@H](O)c1ccc([N+](=O)[O-])cc1. The predicted octanol–water partition coefficient (Wildman–Crippen LogP) is 2.08. The number of nitro benzene ring substituents is 1. The van der Waals surface area contributed by atoms with Crippen molar-refractivity contribution in [1.82, 2.24) is 5.32 Å². The molecule has 0 spiro atoms. The number of aliphatic hydroxyl groups excluding tert-OH is 1. The summed E-state index contributed by atoms with van der Waals surface area (Å²) >= 11 is 0. The van der Waals surface area contributed by atoms with Crippen molar-refractivity contribution in [2.75, 3.05) is 6.61 Å². The molecule has 9 heteroatoms. The lowest BCUT2D eigenvalue weighted by Crippen LogP contribution is -2.47. The van der Waals surface area contributed by atoms with Gasteiger partial charge < -0.3 is 19.9 Å². The van der Waals surface area contributed by atoms with E-state index in [9.17, 15) is 24.8 Å². The van der Waals surface area contributed by atoms with Crippen molar-refractivity contribution in [3.63, 3.8) is 0 Å². The zero-order chi connectivity index (χ0) is 19.2. The molecule has 0 aliphatic carbocycles. The van der Waals surface area contributed by atoms with Crippen LogP contribution in [0.1, 0.15) is 39.4 Å². The van der Waals surface area contributed by atoms with E-state index in [1.165, 1.54) is 24.3 Å². The molecule has 1 amide bonds. The Bertz CT molecular complexity index is 622. The molecule has 0 aromatic heterocycles. The molecule has 2 N–H and O–H groups in total. The third kappa shape index (κ3) is 6.38. The summed E-state index contributed by atoms with van der Waals surface area (Å²) < 4.78 is 9.94. The summed E-state index contributed by atoms with van der Waals surface area (Å²) in [5.41, 5.74) is -0.745. The minimum atomic E-state index is -1.47. The van der Waals surface area contributed by atoms with Crippen LogP contribution in [0.25, 0.3) is 0 Å². The Kier molecular flexibility index (Phi) is 6.86. The minimum absolute atomic E-state index is 0.0539. The number of non-ortho nitro benzene ring substituents is 1. The average molecular weight is 354 g/mol. The van der Waals surface area contributed by atoms with Gasteiger partial charge in [0.05, 0.1) is 11.5 Å². The number of nitrogens with one attached hydrogen (secondary N) is 1. The van der Waals surface area contributed by atoms with Gasteiger partial charge in [-0.25, -0.2) is 9.59 Å². The molecular weight excluding hydrogens is 332 g/mol. The van der Waals surface area contributed by atoms with Gasteiger partial charge in [-0.3, -0.25) is 10.1 Å². The van der Waals surface area contributed by atoms with Crippen molar-refractivity contribution in [3.05, 3.63) is 39.9 Å². The maximum Gasteiger partial charge on any atom is 0.408 e. The van der Waals surface area contributed by atoms with Gasteiger partial charge >= 0.3 is 12.1 Å². The first-order chi connectivity index (χ1) is 11.5. The van der Waals surface area contributed by atoms with Crippen LogP contribution in [0.4, 0.5) is 10.5 Å². The molecule has 0 bridgehead atoms. The molecule has 25 heavy (non-hydrogen) atoms. The van der Waals surface area contributed by atoms with Gasteiger partial charge in [0.25, 0.3) is 5.69 Å². The first-order valence-corrected chi connectivity index (χ1v) is 7.63. The van der Waals surface area contributed by atoms with Crippen LogP contribution in [-0.2, 0) is 14.3 Å². The maximum absolute atomic E-state index is 12.1. The van der Waals surface area contributed by atoms with Crippen molar-refractivity contribution in [2.24, 2.45) is 0 Å². The van der Waals surface area contributed by atoms with Crippen molar-refractivity contribution in [1.29, 1.82) is 0 Å². The number of carbonyl (C=O) groups excluding carboxylic acids is 2. The highest BCUT2D eigenvalue weighted by molar-refractivity contribution is 5.82. The topological polar surface area (TPSA) is 128 Å². The maximum atomic E-state index is 12.1. The van der Waals surface area contributed by atoms with Gasteiger partial charge in [-0.1, -0.05) is 0 Å². The summed E-state index contributed by atoms with van der Waals surface area (Å²) in [6, 6.07) is 3.55. The van der Waals surface area contributed by atoms with Crippen LogP contribution in [0, 0.1) is 10.1 Å². The van der Waals surface area contributed by atoms with E-state index in [0.717, 1.165) is 0 Å². The highest BCUT2D eigenvalue weighted by Gasteiger charge is 2.32. The van der Waals surface area contributed by atoms with Gasteiger partial charge in [-0.15, -0.1) is 0 Å². The van der Waals surface area contributed by atoms with Gasteiger partial charge in [-0.05, 0) is 45.4 Å². The molecule has 0 saturated carbocycles. The fraction of sp³-hybridized carbons (Fsp3) is 0.500. The van der Waals surface area contributed by atoms with Gasteiger partial charge in [0.2, 0.25) is 0 Å². The van der Waals surface area contributed by atoms with Crippen LogP contribution < -0.4 is 5.32 Å². The normalized spacial score (nSPS) is 13.5. The molecule has 0 radical (unpaired) electrons. The van der Waals surface area contributed by atoms with Crippen LogP contribution in [0.3, 0.4) is 0 Å². The third-order valence-corrected chi connectivity index (χ3v) is 2.97. The van der Waals surface area contributed by atoms with E-state index in [-0.39, 0.29) is 17.9 Å². The van der Waals surface area contributed by atoms with Crippen molar-refractivity contribution in [2.45, 2.75) is 45.4 Å². The Labute approximate surface area is 145 Å². The summed E-state index contributed by atoms with van der Waals surface area (Å²) in [5, 5.41) is 23.4. The number of carbonyl (C=O) groups is 2. The monoisotopic (exact) mass is 354 g/mol. The summed E-state index contributed by atoms with van der Waals surface area (Å²) in [5.74, 6) is -0.848. The van der Waals surface area contributed by atoms with E-state index < -0.39 is 34.7 Å². The van der Waals surface area contributed by atoms with E-state index in [1.54, 1.807) is 27.7 Å². The van der Waals surface area contributed by atoms with Crippen molar-refractivity contribution in [3.8, 4) is 0 Å². The highest BCUT2D eigenvalue weighted by Crippen LogP contribution is 2.21. The number of esters is 1. The number of benzene rings is 1. The summed E-state index contributed by atoms with van der Waals surface area (Å²) in [6.07, 6.45) is -2.36. The number of nitrogens with zero attached hydrogens (tertiary/aromatic N) is 1. The number of alkyl carbamates (subject to hydrolysis) is 1. The smallest absolute Gasteiger partial charge is 0.408 e. The van der Waals surface area contributed by atoms with Crippen LogP contribution in [0.15, 0.2) is 24.3 Å². The van der Waals surface area contributed by atoms with E-state index in [2.05, 4.69) is 5.32 Å². The first-order valence-electron chi connectivity index (χ1n) is 7.63. The second-order valence-electron chi connectivity index (χ2n) is 6.17. The van der Waals surface area contributed by atoms with E-state index in [1.807, 2.05) is 0 Å². The third-order valence-electron chi connectivity index (χ3n) is 2.97. The van der Waals surface area contributed by atoms with Gasteiger partial charge in [0.15, 0.2) is 6.04 Å². The number of ether oxygens (including phenoxy) is 2. The predicted molar refractivity (Wildman–Crippen MR) is 87.8 cm³/mol. The molecule has 138 valence electrons.